The topological polar surface area (TPSA) is 98.1 Å². The number of carbonyl (C=O) groups excluding carboxylic acids is 1. The fourth-order valence-electron chi connectivity index (χ4n) is 3.02. The van der Waals surface area contributed by atoms with Crippen molar-refractivity contribution < 1.29 is 4.79 Å². The molecule has 0 bridgehead atoms. The van der Waals surface area contributed by atoms with E-state index in [1.807, 2.05) is 0 Å². The van der Waals surface area contributed by atoms with E-state index >= 15 is 0 Å². The van der Waals surface area contributed by atoms with E-state index in [1.165, 1.54) is 13.0 Å². The van der Waals surface area contributed by atoms with Crippen LogP contribution < -0.4 is 16.6 Å². The number of amides is 1. The average Bonchev–Trinajstić information content (AvgIpc) is 2.69. The molecule has 2 heterocycles. The third-order valence-corrected chi connectivity index (χ3v) is 3.77. The molecule has 0 unspecified atom stereocenters. The van der Waals surface area contributed by atoms with Crippen LogP contribution in [-0.2, 0) is 11.3 Å². The van der Waals surface area contributed by atoms with Gasteiger partial charge >= 0.3 is 5.69 Å². The number of aromatic nitrogens is 2. The number of likely N-dealkylation sites (tertiary alicyclic amines) is 1. The average molecular weight is 294 g/mol. The summed E-state index contributed by atoms with van der Waals surface area (Å²) in [6, 6.07) is 1.54. The lowest BCUT2D eigenvalue weighted by molar-refractivity contribution is -0.119. The Morgan fingerprint density at radius 2 is 2.14 bits per heavy atom. The zero-order valence-electron chi connectivity index (χ0n) is 12.4. The van der Waals surface area contributed by atoms with Gasteiger partial charge < -0.3 is 10.3 Å². The van der Waals surface area contributed by atoms with E-state index in [4.69, 9.17) is 0 Å². The summed E-state index contributed by atoms with van der Waals surface area (Å²) in [6.45, 7) is 5.75. The number of nitrogens with one attached hydrogen (secondary N) is 3. The normalized spacial score (nSPS) is 22.4. The Balaban J connectivity index is 2.05. The second-order valence-electron chi connectivity index (χ2n) is 5.66. The van der Waals surface area contributed by atoms with Gasteiger partial charge in [0, 0.05) is 44.4 Å². The van der Waals surface area contributed by atoms with Crippen LogP contribution in [0.1, 0.15) is 32.4 Å². The van der Waals surface area contributed by atoms with Crippen LogP contribution >= 0.6 is 0 Å². The Kier molecular flexibility index (Phi) is 4.95. The van der Waals surface area contributed by atoms with Crippen LogP contribution in [0.4, 0.5) is 0 Å². The molecule has 0 aliphatic carbocycles. The minimum atomic E-state index is -0.486. The molecule has 0 saturated carbocycles. The second kappa shape index (κ2) is 6.71. The molecule has 7 nitrogen and oxygen atoms in total. The Hall–Kier alpha value is -1.89. The molecule has 0 spiro atoms. The Bertz CT molecular complexity index is 578. The van der Waals surface area contributed by atoms with Crippen LogP contribution in [-0.4, -0.2) is 39.9 Å². The number of nitrogens with zero attached hydrogens (tertiary/aromatic N) is 1. The first kappa shape index (κ1) is 15.5. The summed E-state index contributed by atoms with van der Waals surface area (Å²) >= 11 is 0. The molecule has 1 aromatic heterocycles. The standard InChI is InChI=1S/C14H22N4O3/c1-3-4-10-6-18(8-12(10)15-9(2)19)7-11-5-13(20)17-14(21)16-11/h5,10,12H,3-4,6-8H2,1-2H3,(H,15,19)(H2,16,17,20,21)/t10-,12-/m1/s1. The maximum atomic E-state index is 11.3. The Morgan fingerprint density at radius 1 is 1.38 bits per heavy atom. The number of rotatable bonds is 5. The third-order valence-electron chi connectivity index (χ3n) is 3.77. The zero-order chi connectivity index (χ0) is 15.4. The lowest BCUT2D eigenvalue weighted by Crippen LogP contribution is -2.39. The van der Waals surface area contributed by atoms with E-state index in [-0.39, 0.29) is 11.9 Å². The molecule has 1 aliphatic rings. The molecule has 116 valence electrons. The maximum Gasteiger partial charge on any atom is 0.325 e. The van der Waals surface area contributed by atoms with Crippen LogP contribution in [0.5, 0.6) is 0 Å². The van der Waals surface area contributed by atoms with Gasteiger partial charge in [0.25, 0.3) is 5.56 Å². The van der Waals surface area contributed by atoms with Gasteiger partial charge in [-0.1, -0.05) is 13.3 Å². The summed E-state index contributed by atoms with van der Waals surface area (Å²) in [5.74, 6) is 0.389. The van der Waals surface area contributed by atoms with E-state index in [0.29, 0.717) is 18.2 Å². The predicted octanol–water partition coefficient (Wildman–Crippen LogP) is -0.200. The van der Waals surface area contributed by atoms with E-state index in [0.717, 1.165) is 25.9 Å². The molecule has 2 rings (SSSR count). The van der Waals surface area contributed by atoms with Crippen LogP contribution in [0.15, 0.2) is 15.7 Å². The monoisotopic (exact) mass is 294 g/mol. The number of H-pyrrole nitrogens is 2. The molecular weight excluding hydrogens is 272 g/mol. The molecule has 1 amide bonds. The van der Waals surface area contributed by atoms with Crippen molar-refractivity contribution in [2.75, 3.05) is 13.1 Å². The second-order valence-corrected chi connectivity index (χ2v) is 5.66. The fraction of sp³-hybridized carbons (Fsp3) is 0.643. The zero-order valence-corrected chi connectivity index (χ0v) is 12.4. The van der Waals surface area contributed by atoms with Crippen molar-refractivity contribution >= 4 is 5.91 Å². The summed E-state index contributed by atoms with van der Waals surface area (Å²) < 4.78 is 0. The highest BCUT2D eigenvalue weighted by atomic mass is 16.2. The first-order chi connectivity index (χ1) is 9.97. The van der Waals surface area contributed by atoms with Gasteiger partial charge in [0.05, 0.1) is 0 Å². The Labute approximate surface area is 122 Å². The minimum absolute atomic E-state index is 0.0208. The smallest absolute Gasteiger partial charge is 0.325 e. The highest BCUT2D eigenvalue weighted by molar-refractivity contribution is 5.73. The van der Waals surface area contributed by atoms with Crippen molar-refractivity contribution in [1.29, 1.82) is 0 Å². The summed E-state index contributed by atoms with van der Waals surface area (Å²) in [5, 5.41) is 2.99. The summed E-state index contributed by atoms with van der Waals surface area (Å²) in [5.41, 5.74) is -0.279. The van der Waals surface area contributed by atoms with Gasteiger partial charge in [-0.25, -0.2) is 4.79 Å². The van der Waals surface area contributed by atoms with Gasteiger partial charge in [0.15, 0.2) is 0 Å². The lowest BCUT2D eigenvalue weighted by atomic mass is 9.98. The van der Waals surface area contributed by atoms with Crippen molar-refractivity contribution in [3.05, 3.63) is 32.6 Å². The maximum absolute atomic E-state index is 11.3. The molecule has 2 atom stereocenters. The summed E-state index contributed by atoms with van der Waals surface area (Å²) in [6.07, 6.45) is 2.11. The summed E-state index contributed by atoms with van der Waals surface area (Å²) in [4.78, 5) is 40.8. The van der Waals surface area contributed by atoms with Crippen molar-refractivity contribution in [2.45, 2.75) is 39.3 Å². The molecule has 7 heteroatoms. The van der Waals surface area contributed by atoms with Gasteiger partial charge in [-0.3, -0.25) is 19.5 Å². The molecular formula is C14H22N4O3. The predicted molar refractivity (Wildman–Crippen MR) is 79.0 cm³/mol. The van der Waals surface area contributed by atoms with E-state index in [1.54, 1.807) is 0 Å². The quantitative estimate of drug-likeness (QED) is 0.700. The number of hydrogen-bond donors (Lipinski definition) is 3. The molecule has 1 fully saturated rings. The van der Waals surface area contributed by atoms with Crippen LogP contribution in [0.25, 0.3) is 0 Å². The first-order valence-corrected chi connectivity index (χ1v) is 7.30. The molecule has 0 radical (unpaired) electrons. The molecule has 3 N–H and O–H groups in total. The first-order valence-electron chi connectivity index (χ1n) is 7.30. The molecule has 21 heavy (non-hydrogen) atoms. The van der Waals surface area contributed by atoms with Gasteiger partial charge in [0.2, 0.25) is 5.91 Å². The minimum Gasteiger partial charge on any atom is -0.352 e. The third kappa shape index (κ3) is 4.29. The van der Waals surface area contributed by atoms with Gasteiger partial charge in [-0.05, 0) is 12.3 Å². The van der Waals surface area contributed by atoms with Gasteiger partial charge in [-0.2, -0.15) is 0 Å². The van der Waals surface area contributed by atoms with Crippen LogP contribution in [0.3, 0.4) is 0 Å². The largest absolute Gasteiger partial charge is 0.352 e. The highest BCUT2D eigenvalue weighted by Gasteiger charge is 2.32. The summed E-state index contributed by atoms with van der Waals surface area (Å²) in [7, 11) is 0. The number of aromatic amines is 2. The van der Waals surface area contributed by atoms with Crippen molar-refractivity contribution in [3.63, 3.8) is 0 Å². The van der Waals surface area contributed by atoms with Crippen molar-refractivity contribution in [3.8, 4) is 0 Å². The molecule has 1 aromatic rings. The van der Waals surface area contributed by atoms with Gasteiger partial charge in [0.1, 0.15) is 0 Å². The molecule has 0 aromatic carbocycles. The van der Waals surface area contributed by atoms with Crippen LogP contribution in [0.2, 0.25) is 0 Å². The van der Waals surface area contributed by atoms with E-state index < -0.39 is 11.2 Å². The number of hydrogen-bond acceptors (Lipinski definition) is 4. The number of carbonyl (C=O) groups is 1. The fourth-order valence-corrected chi connectivity index (χ4v) is 3.02. The Morgan fingerprint density at radius 3 is 2.76 bits per heavy atom. The van der Waals surface area contributed by atoms with E-state index in [2.05, 4.69) is 27.1 Å². The molecule has 1 saturated heterocycles. The van der Waals surface area contributed by atoms with Crippen molar-refractivity contribution in [1.82, 2.24) is 20.2 Å². The van der Waals surface area contributed by atoms with E-state index in [9.17, 15) is 14.4 Å². The van der Waals surface area contributed by atoms with Crippen molar-refractivity contribution in [2.24, 2.45) is 5.92 Å². The lowest BCUT2D eigenvalue weighted by Gasteiger charge is -2.18. The van der Waals surface area contributed by atoms with Crippen LogP contribution in [0, 0.1) is 5.92 Å². The SMILES string of the molecule is CCC[C@@H]1CN(Cc2cc(=O)[nH]c(=O)[nH]2)C[C@H]1NC(C)=O. The highest BCUT2D eigenvalue weighted by Crippen LogP contribution is 2.22. The molecule has 1 aliphatic heterocycles. The van der Waals surface area contributed by atoms with Gasteiger partial charge in [-0.15, -0.1) is 0 Å².